The van der Waals surface area contributed by atoms with E-state index < -0.39 is 6.10 Å². The van der Waals surface area contributed by atoms with Gasteiger partial charge < -0.3 is 19.7 Å². The van der Waals surface area contributed by atoms with Crippen LogP contribution in [0.15, 0.2) is 24.3 Å². The molecule has 5 nitrogen and oxygen atoms in total. The highest BCUT2D eigenvalue weighted by Gasteiger charge is 2.23. The predicted molar refractivity (Wildman–Crippen MR) is 89.6 cm³/mol. The third-order valence-corrected chi connectivity index (χ3v) is 4.42. The van der Waals surface area contributed by atoms with E-state index in [-0.39, 0.29) is 6.61 Å². The molecule has 0 amide bonds. The van der Waals surface area contributed by atoms with Gasteiger partial charge in [0.1, 0.15) is 5.75 Å². The van der Waals surface area contributed by atoms with Gasteiger partial charge in [-0.05, 0) is 31.9 Å². The van der Waals surface area contributed by atoms with Crippen molar-refractivity contribution in [2.24, 2.45) is 0 Å². The minimum atomic E-state index is -0.510. The van der Waals surface area contributed by atoms with E-state index in [1.165, 1.54) is 6.42 Å². The fourth-order valence-electron chi connectivity index (χ4n) is 3.23. The van der Waals surface area contributed by atoms with E-state index in [1.54, 1.807) is 7.11 Å². The number of likely N-dealkylation sites (tertiary alicyclic amines) is 1. The van der Waals surface area contributed by atoms with Gasteiger partial charge in [0, 0.05) is 24.8 Å². The molecule has 1 fully saturated rings. The fourth-order valence-corrected chi connectivity index (χ4v) is 3.23. The van der Waals surface area contributed by atoms with E-state index in [2.05, 4.69) is 4.90 Å². The number of hydrogen-bond donors (Lipinski definition) is 2. The van der Waals surface area contributed by atoms with Crippen molar-refractivity contribution in [2.45, 2.75) is 44.4 Å². The van der Waals surface area contributed by atoms with E-state index in [4.69, 9.17) is 14.6 Å². The Labute approximate surface area is 138 Å². The van der Waals surface area contributed by atoms with Gasteiger partial charge in [0.25, 0.3) is 0 Å². The van der Waals surface area contributed by atoms with Crippen molar-refractivity contribution in [1.29, 1.82) is 0 Å². The van der Waals surface area contributed by atoms with E-state index in [1.807, 2.05) is 24.3 Å². The molecule has 0 aromatic heterocycles. The highest BCUT2D eigenvalue weighted by atomic mass is 16.5. The number of nitrogens with zero attached hydrogens (tertiary/aromatic N) is 1. The molecule has 5 heteroatoms. The number of piperidine rings is 1. The molecule has 0 radical (unpaired) electrons. The van der Waals surface area contributed by atoms with Crippen LogP contribution in [0.3, 0.4) is 0 Å². The number of β-amino-alcohol motifs (C(OH)–C–C–N with tert-alkyl or cyclic N) is 1. The van der Waals surface area contributed by atoms with Crippen LogP contribution in [-0.2, 0) is 11.3 Å². The SMILES string of the molecule is COc1ccccc1COCC(O)CN1CCCCC1CCO. The van der Waals surface area contributed by atoms with E-state index in [9.17, 15) is 5.11 Å². The number of hydrogen-bond acceptors (Lipinski definition) is 5. The molecule has 1 saturated heterocycles. The quantitative estimate of drug-likeness (QED) is 0.726. The Morgan fingerprint density at radius 3 is 2.91 bits per heavy atom. The van der Waals surface area contributed by atoms with Crippen molar-refractivity contribution < 1.29 is 19.7 Å². The first-order valence-electron chi connectivity index (χ1n) is 8.47. The van der Waals surface area contributed by atoms with Gasteiger partial charge in [-0.1, -0.05) is 24.6 Å². The third kappa shape index (κ3) is 5.77. The van der Waals surface area contributed by atoms with Gasteiger partial charge >= 0.3 is 0 Å². The van der Waals surface area contributed by atoms with Crippen LogP contribution in [0.4, 0.5) is 0 Å². The molecule has 0 aliphatic carbocycles. The first-order valence-corrected chi connectivity index (χ1v) is 8.47. The number of benzene rings is 1. The highest BCUT2D eigenvalue weighted by molar-refractivity contribution is 5.32. The predicted octanol–water partition coefficient (Wildman–Crippen LogP) is 1.81. The monoisotopic (exact) mass is 323 g/mol. The zero-order chi connectivity index (χ0) is 16.5. The molecule has 23 heavy (non-hydrogen) atoms. The lowest BCUT2D eigenvalue weighted by Crippen LogP contribution is -2.45. The third-order valence-electron chi connectivity index (χ3n) is 4.42. The molecule has 1 aromatic carbocycles. The second kappa shape index (κ2) is 9.88. The zero-order valence-corrected chi connectivity index (χ0v) is 14.0. The Hall–Kier alpha value is -1.14. The summed E-state index contributed by atoms with van der Waals surface area (Å²) in [5.74, 6) is 0.807. The molecule has 0 saturated carbocycles. The molecule has 1 aliphatic rings. The average molecular weight is 323 g/mol. The highest BCUT2D eigenvalue weighted by Crippen LogP contribution is 2.20. The van der Waals surface area contributed by atoms with Crippen LogP contribution in [0.1, 0.15) is 31.2 Å². The smallest absolute Gasteiger partial charge is 0.124 e. The molecule has 0 spiro atoms. The zero-order valence-electron chi connectivity index (χ0n) is 14.0. The summed E-state index contributed by atoms with van der Waals surface area (Å²) in [6.07, 6.45) is 3.76. The maximum Gasteiger partial charge on any atom is 0.124 e. The summed E-state index contributed by atoms with van der Waals surface area (Å²) in [6, 6.07) is 8.13. The first-order chi connectivity index (χ1) is 11.2. The molecule has 2 unspecified atom stereocenters. The minimum Gasteiger partial charge on any atom is -0.496 e. The minimum absolute atomic E-state index is 0.210. The molecular weight excluding hydrogens is 294 g/mol. The second-order valence-electron chi connectivity index (χ2n) is 6.14. The Bertz CT molecular complexity index is 452. The van der Waals surface area contributed by atoms with Gasteiger partial charge in [-0.25, -0.2) is 0 Å². The molecule has 1 aliphatic heterocycles. The van der Waals surface area contributed by atoms with Crippen molar-refractivity contribution in [1.82, 2.24) is 4.90 Å². The van der Waals surface area contributed by atoms with E-state index in [0.717, 1.165) is 37.1 Å². The normalized spacial score (nSPS) is 20.4. The Morgan fingerprint density at radius 2 is 2.13 bits per heavy atom. The molecule has 2 rings (SSSR count). The van der Waals surface area contributed by atoms with Crippen LogP contribution in [0.25, 0.3) is 0 Å². The lowest BCUT2D eigenvalue weighted by Gasteiger charge is -2.36. The van der Waals surface area contributed by atoms with Crippen molar-refractivity contribution in [3.63, 3.8) is 0 Å². The van der Waals surface area contributed by atoms with E-state index in [0.29, 0.717) is 25.8 Å². The van der Waals surface area contributed by atoms with Gasteiger partial charge in [-0.15, -0.1) is 0 Å². The maximum atomic E-state index is 10.2. The van der Waals surface area contributed by atoms with Crippen LogP contribution in [0, 0.1) is 0 Å². The number of rotatable bonds is 9. The molecule has 1 heterocycles. The fraction of sp³-hybridized carbons (Fsp3) is 0.667. The van der Waals surface area contributed by atoms with E-state index >= 15 is 0 Å². The lowest BCUT2D eigenvalue weighted by atomic mass is 9.99. The van der Waals surface area contributed by atoms with Crippen LogP contribution in [-0.4, -0.2) is 60.7 Å². The maximum absolute atomic E-state index is 10.2. The topological polar surface area (TPSA) is 62.2 Å². The van der Waals surface area contributed by atoms with Crippen LogP contribution < -0.4 is 4.74 Å². The number of ether oxygens (including phenoxy) is 2. The molecule has 0 bridgehead atoms. The number of methoxy groups -OCH3 is 1. The van der Waals surface area contributed by atoms with Crippen LogP contribution >= 0.6 is 0 Å². The summed E-state index contributed by atoms with van der Waals surface area (Å²) in [6.45, 7) is 2.55. The van der Waals surface area contributed by atoms with Crippen molar-refractivity contribution in [3.8, 4) is 5.75 Å². The summed E-state index contributed by atoms with van der Waals surface area (Å²) in [4.78, 5) is 2.29. The number of aliphatic hydroxyl groups is 2. The van der Waals surface area contributed by atoms with Gasteiger partial charge in [-0.3, -0.25) is 4.90 Å². The molecule has 1 aromatic rings. The summed E-state index contributed by atoms with van der Waals surface area (Å²) in [5, 5.41) is 19.4. The molecular formula is C18H29NO4. The molecule has 2 atom stereocenters. The number of aliphatic hydroxyl groups excluding tert-OH is 2. The van der Waals surface area contributed by atoms with Crippen LogP contribution in [0.2, 0.25) is 0 Å². The summed E-state index contributed by atoms with van der Waals surface area (Å²) < 4.78 is 10.9. The standard InChI is InChI=1S/C18H29NO4/c1-22-18-8-3-2-6-15(18)13-23-14-17(21)12-19-10-5-4-7-16(19)9-11-20/h2-3,6,8,16-17,20-21H,4-5,7,9-14H2,1H3. The van der Waals surface area contributed by atoms with Crippen molar-refractivity contribution >= 4 is 0 Å². The van der Waals surface area contributed by atoms with Gasteiger partial charge in [0.2, 0.25) is 0 Å². The van der Waals surface area contributed by atoms with Gasteiger partial charge in [-0.2, -0.15) is 0 Å². The summed E-state index contributed by atoms with van der Waals surface area (Å²) >= 11 is 0. The van der Waals surface area contributed by atoms with Crippen LogP contribution in [0.5, 0.6) is 5.75 Å². The summed E-state index contributed by atoms with van der Waals surface area (Å²) in [5.41, 5.74) is 0.985. The Morgan fingerprint density at radius 1 is 1.30 bits per heavy atom. The van der Waals surface area contributed by atoms with Gasteiger partial charge in [0.05, 0.1) is 26.4 Å². The average Bonchev–Trinajstić information content (AvgIpc) is 2.57. The lowest BCUT2D eigenvalue weighted by molar-refractivity contribution is -0.00639. The molecule has 2 N–H and O–H groups in total. The van der Waals surface area contributed by atoms with Crippen molar-refractivity contribution in [2.75, 3.05) is 33.4 Å². The largest absolute Gasteiger partial charge is 0.496 e. The number of para-hydroxylation sites is 1. The van der Waals surface area contributed by atoms with Crippen molar-refractivity contribution in [3.05, 3.63) is 29.8 Å². The van der Waals surface area contributed by atoms with Gasteiger partial charge in [0.15, 0.2) is 0 Å². The Balaban J connectivity index is 1.74. The first kappa shape index (κ1) is 18.2. The molecule has 130 valence electrons. The Kier molecular flexibility index (Phi) is 7.82. The summed E-state index contributed by atoms with van der Waals surface area (Å²) in [7, 11) is 1.64. The second-order valence-corrected chi connectivity index (χ2v) is 6.14.